The van der Waals surface area contributed by atoms with Crippen molar-refractivity contribution in [2.45, 2.75) is 31.7 Å². The number of benzene rings is 2. The van der Waals surface area contributed by atoms with E-state index in [0.717, 1.165) is 22.0 Å². The number of carbonyl (C=O) groups is 1. The molecule has 0 bridgehead atoms. The molecule has 5 heteroatoms. The van der Waals surface area contributed by atoms with Crippen LogP contribution in [0.25, 0.3) is 0 Å². The third kappa shape index (κ3) is 4.44. The van der Waals surface area contributed by atoms with Gasteiger partial charge in [0.25, 0.3) is 0 Å². The summed E-state index contributed by atoms with van der Waals surface area (Å²) < 4.78 is 6.37. The van der Waals surface area contributed by atoms with Crippen molar-refractivity contribution in [3.05, 3.63) is 70.2 Å². The first-order chi connectivity index (χ1) is 11.6. The number of aliphatic hydroxyl groups is 1. The van der Waals surface area contributed by atoms with Crippen molar-refractivity contribution in [3.63, 3.8) is 0 Å². The van der Waals surface area contributed by atoms with Gasteiger partial charge < -0.3 is 9.84 Å². The molecule has 1 unspecified atom stereocenters. The maximum atomic E-state index is 12.2. The smallest absolute Gasteiger partial charge is 0.323 e. The summed E-state index contributed by atoms with van der Waals surface area (Å²) in [5.74, 6) is -0.316. The largest absolute Gasteiger partial charge is 0.460 e. The van der Waals surface area contributed by atoms with Crippen molar-refractivity contribution in [1.29, 1.82) is 0 Å². The van der Waals surface area contributed by atoms with Gasteiger partial charge in [-0.05, 0) is 36.1 Å². The number of carbonyl (C=O) groups excluding carboxylic acids is 1. The van der Waals surface area contributed by atoms with Gasteiger partial charge in [-0.25, -0.2) is 0 Å². The molecule has 0 radical (unpaired) electrons. The van der Waals surface area contributed by atoms with Crippen molar-refractivity contribution in [1.82, 2.24) is 5.32 Å². The quantitative estimate of drug-likeness (QED) is 0.771. The van der Waals surface area contributed by atoms with E-state index in [1.54, 1.807) is 0 Å². The molecule has 2 aromatic rings. The van der Waals surface area contributed by atoms with Gasteiger partial charge in [0, 0.05) is 10.4 Å². The van der Waals surface area contributed by atoms with Gasteiger partial charge in [0.2, 0.25) is 0 Å². The molecule has 1 heterocycles. The molecule has 126 valence electrons. The van der Waals surface area contributed by atoms with E-state index in [4.69, 9.17) is 4.74 Å². The van der Waals surface area contributed by atoms with Crippen LogP contribution in [-0.4, -0.2) is 23.3 Å². The summed E-state index contributed by atoms with van der Waals surface area (Å²) >= 11 is 3.45. The summed E-state index contributed by atoms with van der Waals surface area (Å²) in [5, 5.41) is 13.1. The Hall–Kier alpha value is -1.69. The summed E-state index contributed by atoms with van der Waals surface area (Å²) in [6.45, 7) is 0.254. The van der Waals surface area contributed by atoms with Crippen LogP contribution in [0.2, 0.25) is 0 Å². The number of esters is 1. The van der Waals surface area contributed by atoms with Crippen LogP contribution in [-0.2, 0) is 22.6 Å². The van der Waals surface area contributed by atoms with Crippen molar-refractivity contribution in [2.24, 2.45) is 5.92 Å². The number of ether oxygens (including phenoxy) is 1. The van der Waals surface area contributed by atoms with Crippen LogP contribution in [0.3, 0.4) is 0 Å². The Bertz CT molecular complexity index is 692. The molecule has 0 saturated carbocycles. The van der Waals surface area contributed by atoms with E-state index >= 15 is 0 Å². The first-order valence-electron chi connectivity index (χ1n) is 8.01. The highest BCUT2D eigenvalue weighted by atomic mass is 79.9. The zero-order valence-electron chi connectivity index (χ0n) is 13.2. The third-order valence-electron chi connectivity index (χ3n) is 4.25. The molecule has 0 amide bonds. The van der Waals surface area contributed by atoms with Gasteiger partial charge in [0.05, 0.1) is 0 Å². The molecule has 24 heavy (non-hydrogen) atoms. The lowest BCUT2D eigenvalue weighted by Crippen LogP contribution is -2.37. The summed E-state index contributed by atoms with van der Waals surface area (Å²) in [6.07, 6.45) is 0.593. The zero-order valence-corrected chi connectivity index (χ0v) is 14.8. The van der Waals surface area contributed by atoms with E-state index in [2.05, 4.69) is 21.2 Å². The Labute approximate surface area is 150 Å². The molecule has 4 nitrogen and oxygen atoms in total. The second-order valence-electron chi connectivity index (χ2n) is 6.09. The van der Waals surface area contributed by atoms with E-state index < -0.39 is 12.3 Å². The van der Waals surface area contributed by atoms with Crippen molar-refractivity contribution in [2.75, 3.05) is 0 Å². The van der Waals surface area contributed by atoms with Crippen LogP contribution in [0.1, 0.15) is 17.5 Å². The van der Waals surface area contributed by atoms with Gasteiger partial charge >= 0.3 is 5.97 Å². The molecule has 2 N–H and O–H groups in total. The minimum Gasteiger partial charge on any atom is -0.460 e. The SMILES string of the molecule is O=C(OCc1ccccc1)[C@H]1C[C@H](Cc2cccc(Br)c2)C(O)N1. The van der Waals surface area contributed by atoms with Crippen molar-refractivity contribution < 1.29 is 14.6 Å². The Morgan fingerprint density at radius 3 is 2.67 bits per heavy atom. The fourth-order valence-corrected chi connectivity index (χ4v) is 3.44. The Morgan fingerprint density at radius 1 is 1.17 bits per heavy atom. The average molecular weight is 390 g/mol. The molecule has 1 aliphatic rings. The maximum absolute atomic E-state index is 12.2. The Balaban J connectivity index is 1.54. The van der Waals surface area contributed by atoms with Gasteiger partial charge in [-0.2, -0.15) is 0 Å². The first-order valence-corrected chi connectivity index (χ1v) is 8.80. The minimum atomic E-state index is -0.696. The predicted molar refractivity (Wildman–Crippen MR) is 95.1 cm³/mol. The lowest BCUT2D eigenvalue weighted by atomic mass is 9.95. The Kier molecular flexibility index (Phi) is 5.66. The standard InChI is InChI=1S/C19H20BrNO3/c20-16-8-4-7-14(10-16)9-15-11-17(21-18(15)22)19(23)24-12-13-5-2-1-3-6-13/h1-8,10,15,17-18,21-22H,9,11-12H2/t15-,17+,18?/m0/s1. The van der Waals surface area contributed by atoms with Crippen LogP contribution >= 0.6 is 15.9 Å². The highest BCUT2D eigenvalue weighted by Gasteiger charge is 2.37. The molecule has 1 aliphatic heterocycles. The molecule has 0 aliphatic carbocycles. The van der Waals surface area contributed by atoms with E-state index in [-0.39, 0.29) is 18.5 Å². The highest BCUT2D eigenvalue weighted by Crippen LogP contribution is 2.25. The van der Waals surface area contributed by atoms with Crippen molar-refractivity contribution in [3.8, 4) is 0 Å². The number of rotatable bonds is 5. The van der Waals surface area contributed by atoms with Gasteiger partial charge in [-0.15, -0.1) is 0 Å². The van der Waals surface area contributed by atoms with Crippen LogP contribution in [0.4, 0.5) is 0 Å². The lowest BCUT2D eigenvalue weighted by Gasteiger charge is -2.13. The molecule has 1 saturated heterocycles. The summed E-state index contributed by atoms with van der Waals surface area (Å²) in [7, 11) is 0. The van der Waals surface area contributed by atoms with Gasteiger partial charge in [-0.3, -0.25) is 10.1 Å². The van der Waals surface area contributed by atoms with E-state index in [9.17, 15) is 9.90 Å². The fraction of sp³-hybridized carbons (Fsp3) is 0.316. The summed E-state index contributed by atoms with van der Waals surface area (Å²) in [4.78, 5) is 12.2. The molecule has 3 atom stereocenters. The molecule has 3 rings (SSSR count). The normalized spacial score (nSPS) is 23.2. The first kappa shape index (κ1) is 17.1. The van der Waals surface area contributed by atoms with E-state index in [0.29, 0.717) is 6.42 Å². The number of halogens is 1. The van der Waals surface area contributed by atoms with E-state index in [1.165, 1.54) is 0 Å². The monoisotopic (exact) mass is 389 g/mol. The lowest BCUT2D eigenvalue weighted by molar-refractivity contribution is -0.147. The maximum Gasteiger partial charge on any atom is 0.323 e. The molecule has 0 aromatic heterocycles. The fourth-order valence-electron chi connectivity index (χ4n) is 3.00. The minimum absolute atomic E-state index is 0.00595. The second kappa shape index (κ2) is 7.92. The number of hydrogen-bond donors (Lipinski definition) is 2. The molecule has 2 aromatic carbocycles. The van der Waals surface area contributed by atoms with Crippen LogP contribution < -0.4 is 5.32 Å². The summed E-state index contributed by atoms with van der Waals surface area (Å²) in [6, 6.07) is 17.1. The van der Waals surface area contributed by atoms with Crippen molar-refractivity contribution >= 4 is 21.9 Å². The number of nitrogens with one attached hydrogen (secondary N) is 1. The second-order valence-corrected chi connectivity index (χ2v) is 7.00. The van der Waals surface area contributed by atoms with Crippen LogP contribution in [0.5, 0.6) is 0 Å². The highest BCUT2D eigenvalue weighted by molar-refractivity contribution is 9.10. The van der Waals surface area contributed by atoms with Crippen LogP contribution in [0.15, 0.2) is 59.1 Å². The van der Waals surface area contributed by atoms with Gasteiger partial charge in [0.1, 0.15) is 18.9 Å². The molecule has 1 fully saturated rings. The molecular formula is C19H20BrNO3. The number of aliphatic hydroxyl groups excluding tert-OH is 1. The van der Waals surface area contributed by atoms with E-state index in [1.807, 2.05) is 54.6 Å². The number of hydrogen-bond acceptors (Lipinski definition) is 4. The third-order valence-corrected chi connectivity index (χ3v) is 4.75. The topological polar surface area (TPSA) is 58.6 Å². The Morgan fingerprint density at radius 2 is 1.92 bits per heavy atom. The average Bonchev–Trinajstić information content (AvgIpc) is 2.94. The zero-order chi connectivity index (χ0) is 16.9. The summed E-state index contributed by atoms with van der Waals surface area (Å²) in [5.41, 5.74) is 2.09. The van der Waals surface area contributed by atoms with Gasteiger partial charge in [-0.1, -0.05) is 58.4 Å². The predicted octanol–water partition coefficient (Wildman–Crippen LogP) is 3.03. The van der Waals surface area contributed by atoms with Gasteiger partial charge in [0.15, 0.2) is 0 Å². The molecular weight excluding hydrogens is 370 g/mol. The molecule has 0 spiro atoms. The van der Waals surface area contributed by atoms with Crippen LogP contribution in [0, 0.1) is 5.92 Å².